The molecule has 0 unspecified atom stereocenters. The van der Waals surface area contributed by atoms with Crippen molar-refractivity contribution < 1.29 is 9.90 Å². The summed E-state index contributed by atoms with van der Waals surface area (Å²) in [5.41, 5.74) is 0.722. The zero-order chi connectivity index (χ0) is 7.56. The third kappa shape index (κ3) is 1.25. The van der Waals surface area contributed by atoms with E-state index in [-0.39, 0.29) is 0 Å². The molecule has 54 valence electrons. The molecule has 0 aliphatic heterocycles. The molecule has 0 aromatic carbocycles. The van der Waals surface area contributed by atoms with Gasteiger partial charge in [0.2, 0.25) is 0 Å². The van der Waals surface area contributed by atoms with Crippen LogP contribution in [0.25, 0.3) is 0 Å². The topological polar surface area (TPSA) is 37.3 Å². The van der Waals surface area contributed by atoms with Gasteiger partial charge in [-0.3, -0.25) is 4.79 Å². The first-order valence-corrected chi connectivity index (χ1v) is 3.84. The van der Waals surface area contributed by atoms with Crippen LogP contribution in [0, 0.1) is 0 Å². The van der Waals surface area contributed by atoms with Gasteiger partial charge >= 0.3 is 0 Å². The molecule has 1 aromatic heterocycles. The normalized spacial score (nSPS) is 13.0. The van der Waals surface area contributed by atoms with Crippen molar-refractivity contribution in [2.45, 2.75) is 13.0 Å². The van der Waals surface area contributed by atoms with E-state index in [1.807, 2.05) is 0 Å². The van der Waals surface area contributed by atoms with Gasteiger partial charge in [0.05, 0.1) is 11.0 Å². The van der Waals surface area contributed by atoms with Crippen LogP contribution in [-0.4, -0.2) is 11.4 Å². The predicted octanol–water partition coefficient (Wildman–Crippen LogP) is 1.61. The van der Waals surface area contributed by atoms with Crippen LogP contribution >= 0.6 is 11.3 Å². The van der Waals surface area contributed by atoms with Crippen LogP contribution in [0.15, 0.2) is 11.4 Å². The first-order valence-electron chi connectivity index (χ1n) is 2.96. The van der Waals surface area contributed by atoms with E-state index < -0.39 is 6.10 Å². The SMILES string of the molecule is C[C@H](O)c1ccsc1C=O. The van der Waals surface area contributed by atoms with Gasteiger partial charge in [-0.05, 0) is 18.4 Å². The Morgan fingerprint density at radius 2 is 2.50 bits per heavy atom. The minimum absolute atomic E-state index is 0.536. The number of carbonyl (C=O) groups excluding carboxylic acids is 1. The number of aliphatic hydroxyl groups is 1. The molecule has 1 atom stereocenters. The van der Waals surface area contributed by atoms with Crippen molar-refractivity contribution in [1.82, 2.24) is 0 Å². The van der Waals surface area contributed by atoms with Crippen LogP contribution in [0.4, 0.5) is 0 Å². The summed E-state index contributed by atoms with van der Waals surface area (Å²) in [7, 11) is 0. The smallest absolute Gasteiger partial charge is 0.160 e. The van der Waals surface area contributed by atoms with Crippen molar-refractivity contribution in [3.8, 4) is 0 Å². The van der Waals surface area contributed by atoms with Gasteiger partial charge < -0.3 is 5.11 Å². The van der Waals surface area contributed by atoms with E-state index in [4.69, 9.17) is 5.11 Å². The zero-order valence-corrected chi connectivity index (χ0v) is 6.39. The highest BCUT2D eigenvalue weighted by Crippen LogP contribution is 2.20. The van der Waals surface area contributed by atoms with E-state index >= 15 is 0 Å². The minimum atomic E-state index is -0.536. The van der Waals surface area contributed by atoms with Gasteiger partial charge in [0.15, 0.2) is 6.29 Å². The molecule has 1 aromatic rings. The first-order chi connectivity index (χ1) is 4.75. The van der Waals surface area contributed by atoms with Crippen LogP contribution in [0.3, 0.4) is 0 Å². The van der Waals surface area contributed by atoms with E-state index in [0.29, 0.717) is 4.88 Å². The van der Waals surface area contributed by atoms with Crippen molar-refractivity contribution >= 4 is 17.6 Å². The van der Waals surface area contributed by atoms with Crippen LogP contribution < -0.4 is 0 Å². The number of thiophene rings is 1. The fourth-order valence-corrected chi connectivity index (χ4v) is 1.56. The molecule has 0 aliphatic rings. The number of hydrogen-bond donors (Lipinski definition) is 1. The second kappa shape index (κ2) is 2.94. The molecule has 1 rings (SSSR count). The number of aldehydes is 1. The Labute approximate surface area is 63.1 Å². The average Bonchev–Trinajstić information content (AvgIpc) is 2.33. The van der Waals surface area contributed by atoms with Crippen LogP contribution in [0.5, 0.6) is 0 Å². The minimum Gasteiger partial charge on any atom is -0.389 e. The Kier molecular flexibility index (Phi) is 2.19. The maximum absolute atomic E-state index is 10.3. The maximum atomic E-state index is 10.3. The second-order valence-corrected chi connectivity index (χ2v) is 2.98. The summed E-state index contributed by atoms with van der Waals surface area (Å²) < 4.78 is 0. The Hall–Kier alpha value is -0.670. The molecule has 0 radical (unpaired) electrons. The highest BCUT2D eigenvalue weighted by Gasteiger charge is 2.06. The van der Waals surface area contributed by atoms with Crippen molar-refractivity contribution in [2.75, 3.05) is 0 Å². The van der Waals surface area contributed by atoms with Crippen LogP contribution in [0.2, 0.25) is 0 Å². The lowest BCUT2D eigenvalue weighted by Crippen LogP contribution is -1.91. The summed E-state index contributed by atoms with van der Waals surface area (Å²) in [6, 6.07) is 1.76. The highest BCUT2D eigenvalue weighted by atomic mass is 32.1. The molecule has 0 bridgehead atoms. The molecule has 0 saturated heterocycles. The summed E-state index contributed by atoms with van der Waals surface area (Å²) in [5, 5.41) is 10.9. The number of carbonyl (C=O) groups is 1. The Bertz CT molecular complexity index is 227. The molecule has 0 fully saturated rings. The second-order valence-electron chi connectivity index (χ2n) is 2.03. The fourth-order valence-electron chi connectivity index (χ4n) is 0.772. The van der Waals surface area contributed by atoms with Gasteiger partial charge in [-0.1, -0.05) is 0 Å². The molecule has 0 spiro atoms. The lowest BCUT2D eigenvalue weighted by molar-refractivity contribution is 0.112. The first kappa shape index (κ1) is 7.44. The molecule has 3 heteroatoms. The molecule has 10 heavy (non-hydrogen) atoms. The molecule has 0 saturated carbocycles. The lowest BCUT2D eigenvalue weighted by atomic mass is 10.2. The van der Waals surface area contributed by atoms with Crippen LogP contribution in [-0.2, 0) is 0 Å². The van der Waals surface area contributed by atoms with Crippen molar-refractivity contribution in [3.05, 3.63) is 21.9 Å². The van der Waals surface area contributed by atoms with E-state index in [0.717, 1.165) is 11.8 Å². The van der Waals surface area contributed by atoms with Gasteiger partial charge in [-0.25, -0.2) is 0 Å². The summed E-state index contributed by atoms with van der Waals surface area (Å²) in [4.78, 5) is 10.9. The monoisotopic (exact) mass is 156 g/mol. The van der Waals surface area contributed by atoms with Crippen molar-refractivity contribution in [1.29, 1.82) is 0 Å². The molecule has 2 nitrogen and oxygen atoms in total. The molecular weight excluding hydrogens is 148 g/mol. The third-order valence-electron chi connectivity index (χ3n) is 1.28. The quantitative estimate of drug-likeness (QED) is 0.660. The predicted molar refractivity (Wildman–Crippen MR) is 40.3 cm³/mol. The highest BCUT2D eigenvalue weighted by molar-refractivity contribution is 7.11. The average molecular weight is 156 g/mol. The number of rotatable bonds is 2. The van der Waals surface area contributed by atoms with Gasteiger partial charge in [0.1, 0.15) is 0 Å². The number of aliphatic hydroxyl groups excluding tert-OH is 1. The molecule has 0 amide bonds. The van der Waals surface area contributed by atoms with Crippen molar-refractivity contribution in [3.63, 3.8) is 0 Å². The van der Waals surface area contributed by atoms with E-state index in [1.54, 1.807) is 18.4 Å². The fraction of sp³-hybridized carbons (Fsp3) is 0.286. The van der Waals surface area contributed by atoms with Crippen LogP contribution in [0.1, 0.15) is 28.3 Å². The lowest BCUT2D eigenvalue weighted by Gasteiger charge is -1.99. The molecule has 0 aliphatic carbocycles. The Morgan fingerprint density at radius 1 is 1.80 bits per heavy atom. The molecular formula is C7H8O2S. The van der Waals surface area contributed by atoms with E-state index in [9.17, 15) is 4.79 Å². The molecule has 1 heterocycles. The number of hydrogen-bond acceptors (Lipinski definition) is 3. The summed E-state index contributed by atoms with van der Waals surface area (Å²) in [5.74, 6) is 0. The molecule has 1 N–H and O–H groups in total. The van der Waals surface area contributed by atoms with E-state index in [1.165, 1.54) is 11.3 Å². The zero-order valence-electron chi connectivity index (χ0n) is 5.57. The largest absolute Gasteiger partial charge is 0.389 e. The maximum Gasteiger partial charge on any atom is 0.160 e. The summed E-state index contributed by atoms with van der Waals surface area (Å²) in [6.07, 6.45) is 0.235. The van der Waals surface area contributed by atoms with Gasteiger partial charge in [0, 0.05) is 5.56 Å². The third-order valence-corrected chi connectivity index (χ3v) is 2.14. The Morgan fingerprint density at radius 3 is 2.90 bits per heavy atom. The summed E-state index contributed by atoms with van der Waals surface area (Å²) >= 11 is 1.35. The Balaban J connectivity index is 3.01. The summed E-state index contributed by atoms with van der Waals surface area (Å²) in [6.45, 7) is 1.65. The van der Waals surface area contributed by atoms with Gasteiger partial charge in [-0.2, -0.15) is 0 Å². The standard InChI is InChI=1S/C7H8O2S/c1-5(9)6-2-3-10-7(6)4-8/h2-5,9H,1H3/t5-/m0/s1. The van der Waals surface area contributed by atoms with Gasteiger partial charge in [-0.15, -0.1) is 11.3 Å². The van der Waals surface area contributed by atoms with E-state index in [2.05, 4.69) is 0 Å². The van der Waals surface area contributed by atoms with Gasteiger partial charge in [0.25, 0.3) is 0 Å². The van der Waals surface area contributed by atoms with Crippen molar-refractivity contribution in [2.24, 2.45) is 0 Å².